The van der Waals surface area contributed by atoms with Crippen LogP contribution >= 0.6 is 0 Å². The van der Waals surface area contributed by atoms with E-state index in [0.717, 1.165) is 0 Å². The maximum atomic E-state index is 12.2. The lowest BCUT2D eigenvalue weighted by Crippen LogP contribution is -2.36. The molecular formula is C10H12F2N2O2. The quantitative estimate of drug-likeness (QED) is 0.788. The van der Waals surface area contributed by atoms with Crippen LogP contribution in [0.1, 0.15) is 0 Å². The van der Waals surface area contributed by atoms with Gasteiger partial charge in [0, 0.05) is 19.3 Å². The number of halogens is 2. The Bertz CT molecular complexity index is 343. The molecule has 0 amide bonds. The van der Waals surface area contributed by atoms with Crippen LogP contribution < -0.4 is 9.64 Å². The average molecular weight is 230 g/mol. The van der Waals surface area contributed by atoms with Crippen LogP contribution in [0.4, 0.5) is 14.5 Å². The normalized spacial score (nSPS) is 16.6. The summed E-state index contributed by atoms with van der Waals surface area (Å²) in [6.07, 6.45) is 1.43. The summed E-state index contributed by atoms with van der Waals surface area (Å²) in [6.45, 7) is -0.363. The topological polar surface area (TPSA) is 34.6 Å². The average Bonchev–Trinajstić information content (AvgIpc) is 2.30. The van der Waals surface area contributed by atoms with Crippen molar-refractivity contribution in [2.75, 3.05) is 31.2 Å². The first kappa shape index (κ1) is 11.1. The van der Waals surface area contributed by atoms with Gasteiger partial charge in [-0.1, -0.05) is 0 Å². The van der Waals surface area contributed by atoms with E-state index in [2.05, 4.69) is 9.72 Å². The van der Waals surface area contributed by atoms with Gasteiger partial charge in [-0.05, 0) is 12.1 Å². The molecule has 0 aliphatic carbocycles. The minimum Gasteiger partial charge on any atom is -0.415 e. The molecule has 1 fully saturated rings. The molecule has 2 heterocycles. The molecule has 0 bridgehead atoms. The lowest BCUT2D eigenvalue weighted by Gasteiger charge is -2.29. The van der Waals surface area contributed by atoms with E-state index in [9.17, 15) is 8.78 Å². The van der Waals surface area contributed by atoms with E-state index < -0.39 is 6.61 Å². The van der Waals surface area contributed by atoms with Gasteiger partial charge in [-0.15, -0.1) is 0 Å². The third kappa shape index (κ3) is 2.57. The van der Waals surface area contributed by atoms with Gasteiger partial charge in [-0.3, -0.25) is 0 Å². The summed E-state index contributed by atoms with van der Waals surface area (Å²) < 4.78 is 33.9. The maximum absolute atomic E-state index is 12.2. The molecule has 0 unspecified atom stereocenters. The van der Waals surface area contributed by atoms with Crippen molar-refractivity contribution in [3.05, 3.63) is 18.3 Å². The molecule has 0 N–H and O–H groups in total. The molecule has 0 spiro atoms. The molecule has 1 saturated heterocycles. The molecule has 1 aromatic heterocycles. The number of aromatic nitrogens is 1. The van der Waals surface area contributed by atoms with Gasteiger partial charge in [0.05, 0.1) is 13.2 Å². The highest BCUT2D eigenvalue weighted by atomic mass is 19.3. The first-order valence-electron chi connectivity index (χ1n) is 5.00. The Hall–Kier alpha value is -1.43. The minimum absolute atomic E-state index is 0.0283. The van der Waals surface area contributed by atoms with E-state index in [1.54, 1.807) is 12.1 Å². The Morgan fingerprint density at radius 3 is 2.81 bits per heavy atom. The van der Waals surface area contributed by atoms with Crippen molar-refractivity contribution >= 4 is 5.69 Å². The summed E-state index contributed by atoms with van der Waals surface area (Å²) in [5.41, 5.74) is 0.589. The Morgan fingerprint density at radius 1 is 1.38 bits per heavy atom. The van der Waals surface area contributed by atoms with Gasteiger partial charge in [0.25, 0.3) is 0 Å². The lowest BCUT2D eigenvalue weighted by molar-refractivity contribution is -0.0525. The largest absolute Gasteiger partial charge is 0.415 e. The number of anilines is 1. The van der Waals surface area contributed by atoms with Gasteiger partial charge in [-0.2, -0.15) is 8.78 Å². The monoisotopic (exact) mass is 230 g/mol. The fourth-order valence-corrected chi connectivity index (χ4v) is 1.60. The van der Waals surface area contributed by atoms with Crippen molar-refractivity contribution in [3.63, 3.8) is 0 Å². The fourth-order valence-electron chi connectivity index (χ4n) is 1.60. The van der Waals surface area contributed by atoms with Crippen molar-refractivity contribution in [2.45, 2.75) is 6.61 Å². The van der Waals surface area contributed by atoms with Crippen LogP contribution in [0, 0.1) is 0 Å². The van der Waals surface area contributed by atoms with Crippen LogP contribution in [0.5, 0.6) is 5.88 Å². The van der Waals surface area contributed by atoms with Gasteiger partial charge in [0.1, 0.15) is 5.69 Å². The van der Waals surface area contributed by atoms with Gasteiger partial charge < -0.3 is 14.4 Å². The standard InChI is InChI=1S/C10H12F2N2O2/c11-10(12)16-9-8(2-1-3-13-9)14-4-6-15-7-5-14/h1-3,10H,4-7H2. The number of morpholine rings is 1. The van der Waals surface area contributed by atoms with E-state index >= 15 is 0 Å². The zero-order chi connectivity index (χ0) is 11.4. The second-order valence-corrected chi connectivity index (χ2v) is 3.31. The zero-order valence-corrected chi connectivity index (χ0v) is 8.60. The maximum Gasteiger partial charge on any atom is 0.388 e. The number of ether oxygens (including phenoxy) is 2. The summed E-state index contributed by atoms with van der Waals surface area (Å²) >= 11 is 0. The van der Waals surface area contributed by atoms with Gasteiger partial charge in [0.15, 0.2) is 0 Å². The predicted octanol–water partition coefficient (Wildman–Crippen LogP) is 1.52. The number of pyridine rings is 1. The second-order valence-electron chi connectivity index (χ2n) is 3.31. The van der Waals surface area contributed by atoms with Crippen LogP contribution in [-0.4, -0.2) is 37.9 Å². The van der Waals surface area contributed by atoms with Gasteiger partial charge in [-0.25, -0.2) is 4.98 Å². The smallest absolute Gasteiger partial charge is 0.388 e. The molecule has 0 radical (unpaired) electrons. The third-order valence-electron chi connectivity index (χ3n) is 2.30. The SMILES string of the molecule is FC(F)Oc1ncccc1N1CCOCC1. The zero-order valence-electron chi connectivity index (χ0n) is 8.60. The first-order chi connectivity index (χ1) is 7.77. The number of hydrogen-bond donors (Lipinski definition) is 0. The second kappa shape index (κ2) is 5.07. The highest BCUT2D eigenvalue weighted by molar-refractivity contribution is 5.54. The molecule has 88 valence electrons. The molecule has 4 nitrogen and oxygen atoms in total. The first-order valence-corrected chi connectivity index (χ1v) is 5.00. The summed E-state index contributed by atoms with van der Waals surface area (Å²) in [5, 5.41) is 0. The van der Waals surface area contributed by atoms with Gasteiger partial charge >= 0.3 is 6.61 Å². The molecule has 1 aromatic rings. The Labute approximate surface area is 91.8 Å². The predicted molar refractivity (Wildman–Crippen MR) is 53.9 cm³/mol. The van der Waals surface area contributed by atoms with Crippen molar-refractivity contribution in [1.82, 2.24) is 4.98 Å². The molecule has 6 heteroatoms. The van der Waals surface area contributed by atoms with E-state index in [1.807, 2.05) is 4.90 Å². The number of rotatable bonds is 3. The number of alkyl halides is 2. The van der Waals surface area contributed by atoms with E-state index in [-0.39, 0.29) is 5.88 Å². The molecule has 0 atom stereocenters. The van der Waals surface area contributed by atoms with Crippen LogP contribution in [0.15, 0.2) is 18.3 Å². The Balaban J connectivity index is 2.17. The van der Waals surface area contributed by atoms with Crippen molar-refractivity contribution in [3.8, 4) is 5.88 Å². The third-order valence-corrected chi connectivity index (χ3v) is 2.30. The lowest BCUT2D eigenvalue weighted by atomic mass is 10.3. The van der Waals surface area contributed by atoms with E-state index in [0.29, 0.717) is 32.0 Å². The molecule has 1 aliphatic rings. The van der Waals surface area contributed by atoms with Gasteiger partial charge in [0.2, 0.25) is 5.88 Å². The molecule has 0 saturated carbocycles. The summed E-state index contributed by atoms with van der Waals surface area (Å²) in [6, 6.07) is 3.42. The Kier molecular flexibility index (Phi) is 3.51. The van der Waals surface area contributed by atoms with E-state index in [1.165, 1.54) is 6.20 Å². The molecule has 0 aromatic carbocycles. The van der Waals surface area contributed by atoms with Crippen LogP contribution in [0.3, 0.4) is 0 Å². The van der Waals surface area contributed by atoms with Crippen molar-refractivity contribution in [2.24, 2.45) is 0 Å². The van der Waals surface area contributed by atoms with Crippen LogP contribution in [0.2, 0.25) is 0 Å². The van der Waals surface area contributed by atoms with Crippen molar-refractivity contribution < 1.29 is 18.3 Å². The van der Waals surface area contributed by atoms with Crippen LogP contribution in [-0.2, 0) is 4.74 Å². The highest BCUT2D eigenvalue weighted by Crippen LogP contribution is 2.27. The van der Waals surface area contributed by atoms with Crippen LogP contribution in [0.25, 0.3) is 0 Å². The number of nitrogens with zero attached hydrogens (tertiary/aromatic N) is 2. The molecule has 16 heavy (non-hydrogen) atoms. The highest BCUT2D eigenvalue weighted by Gasteiger charge is 2.18. The minimum atomic E-state index is -2.85. The summed E-state index contributed by atoms with van der Waals surface area (Å²) in [7, 11) is 0. The summed E-state index contributed by atoms with van der Waals surface area (Å²) in [4.78, 5) is 5.73. The fraction of sp³-hybridized carbons (Fsp3) is 0.500. The van der Waals surface area contributed by atoms with E-state index in [4.69, 9.17) is 4.74 Å². The Morgan fingerprint density at radius 2 is 2.12 bits per heavy atom. The number of hydrogen-bond acceptors (Lipinski definition) is 4. The molecule has 2 rings (SSSR count). The molecular weight excluding hydrogens is 218 g/mol. The molecule has 1 aliphatic heterocycles. The summed E-state index contributed by atoms with van der Waals surface area (Å²) in [5.74, 6) is -0.0283. The van der Waals surface area contributed by atoms with Crippen molar-refractivity contribution in [1.29, 1.82) is 0 Å².